The maximum atomic E-state index is 11.3. The number of aryl methyl sites for hydroxylation is 2. The van der Waals surface area contributed by atoms with Gasteiger partial charge in [-0.2, -0.15) is 0 Å². The molecule has 0 unspecified atom stereocenters. The third-order valence-electron chi connectivity index (χ3n) is 3.10. The van der Waals surface area contributed by atoms with Crippen LogP contribution in [-0.4, -0.2) is 25.0 Å². The summed E-state index contributed by atoms with van der Waals surface area (Å²) in [6.45, 7) is 6.68. The molecule has 110 valence electrons. The van der Waals surface area contributed by atoms with E-state index in [-0.39, 0.29) is 18.7 Å². The van der Waals surface area contributed by atoms with Crippen LogP contribution in [0, 0.1) is 20.8 Å². The minimum atomic E-state index is -1.22. The molecule has 1 aromatic rings. The first kappa shape index (κ1) is 16.0. The third-order valence-corrected chi connectivity index (χ3v) is 3.10. The van der Waals surface area contributed by atoms with E-state index in [1.165, 1.54) is 0 Å². The molecule has 0 spiro atoms. The average molecular weight is 278 g/mol. The largest absolute Gasteiger partial charge is 0.550 e. The second-order valence-electron chi connectivity index (χ2n) is 4.72. The number of carboxylic acids is 1. The van der Waals surface area contributed by atoms with Crippen molar-refractivity contribution in [1.82, 2.24) is 5.32 Å². The summed E-state index contributed by atoms with van der Waals surface area (Å²) in [4.78, 5) is 21.5. The Morgan fingerprint density at radius 3 is 2.45 bits per heavy atom. The number of aliphatic carboxylic acids is 1. The average Bonchev–Trinajstić information content (AvgIpc) is 2.40. The monoisotopic (exact) mass is 278 g/mol. The van der Waals surface area contributed by atoms with Gasteiger partial charge in [0.15, 0.2) is 0 Å². The number of carbonyl (C=O) groups excluding carboxylic acids is 2. The summed E-state index contributed by atoms with van der Waals surface area (Å²) in [5.74, 6) is -0.688. The molecule has 0 atom stereocenters. The highest BCUT2D eigenvalue weighted by Gasteiger charge is 2.06. The lowest BCUT2D eigenvalue weighted by Crippen LogP contribution is -2.30. The predicted octanol–water partition coefficient (Wildman–Crippen LogP) is 0.637. The summed E-state index contributed by atoms with van der Waals surface area (Å²) < 4.78 is 5.68. The normalized spacial score (nSPS) is 10.2. The Hall–Kier alpha value is -2.04. The van der Waals surface area contributed by atoms with Crippen LogP contribution in [0.15, 0.2) is 12.1 Å². The molecule has 0 aliphatic carbocycles. The van der Waals surface area contributed by atoms with Gasteiger partial charge in [0.2, 0.25) is 5.91 Å². The van der Waals surface area contributed by atoms with E-state index in [0.29, 0.717) is 13.2 Å². The number of carbonyl (C=O) groups is 2. The predicted molar refractivity (Wildman–Crippen MR) is 73.4 cm³/mol. The molecule has 0 aliphatic heterocycles. The van der Waals surface area contributed by atoms with Crippen LogP contribution in [0.4, 0.5) is 0 Å². The second kappa shape index (κ2) is 7.53. The van der Waals surface area contributed by atoms with E-state index >= 15 is 0 Å². The van der Waals surface area contributed by atoms with Crippen molar-refractivity contribution in [2.75, 3.05) is 13.2 Å². The fourth-order valence-electron chi connectivity index (χ4n) is 1.80. The summed E-state index contributed by atoms with van der Waals surface area (Å²) in [6.07, 6.45) is -0.326. The van der Waals surface area contributed by atoms with Crippen LogP contribution in [0.1, 0.15) is 29.5 Å². The number of carboxylic acid groups (broad SMARTS) is 1. The smallest absolute Gasteiger partial charge is 0.220 e. The van der Waals surface area contributed by atoms with Gasteiger partial charge in [0, 0.05) is 12.4 Å². The molecular weight excluding hydrogens is 258 g/mol. The van der Waals surface area contributed by atoms with Gasteiger partial charge in [-0.1, -0.05) is 12.1 Å². The topological polar surface area (TPSA) is 78.5 Å². The molecule has 0 saturated carbocycles. The SMILES string of the molecule is Cc1ccc(C)c(OCCNC(=O)CCC(=O)[O-])c1C. The minimum absolute atomic E-state index is 0.0646. The summed E-state index contributed by atoms with van der Waals surface area (Å²) >= 11 is 0. The molecule has 20 heavy (non-hydrogen) atoms. The third kappa shape index (κ3) is 4.91. The van der Waals surface area contributed by atoms with Crippen molar-refractivity contribution in [2.24, 2.45) is 0 Å². The van der Waals surface area contributed by atoms with Crippen molar-refractivity contribution in [2.45, 2.75) is 33.6 Å². The maximum absolute atomic E-state index is 11.3. The van der Waals surface area contributed by atoms with Gasteiger partial charge in [0.1, 0.15) is 12.4 Å². The molecule has 0 bridgehead atoms. The van der Waals surface area contributed by atoms with E-state index in [1.54, 1.807) is 0 Å². The zero-order valence-electron chi connectivity index (χ0n) is 12.1. The fourth-order valence-corrected chi connectivity index (χ4v) is 1.80. The Morgan fingerprint density at radius 1 is 1.15 bits per heavy atom. The quantitative estimate of drug-likeness (QED) is 0.742. The standard InChI is InChI=1S/C15H21NO4/c1-10-4-5-11(2)15(12(10)3)20-9-8-16-13(17)6-7-14(18)19/h4-5H,6-9H2,1-3H3,(H,16,17)(H,18,19)/p-1. The molecule has 0 saturated heterocycles. The number of amides is 1. The van der Waals surface area contributed by atoms with Crippen LogP contribution in [0.2, 0.25) is 0 Å². The second-order valence-corrected chi connectivity index (χ2v) is 4.72. The van der Waals surface area contributed by atoms with Gasteiger partial charge in [0.25, 0.3) is 0 Å². The lowest BCUT2D eigenvalue weighted by molar-refractivity contribution is -0.305. The van der Waals surface area contributed by atoms with Gasteiger partial charge in [0.05, 0.1) is 6.54 Å². The molecule has 0 aromatic heterocycles. The first-order chi connectivity index (χ1) is 9.41. The van der Waals surface area contributed by atoms with Crippen molar-refractivity contribution in [1.29, 1.82) is 0 Å². The molecule has 5 nitrogen and oxygen atoms in total. The van der Waals surface area contributed by atoms with Gasteiger partial charge < -0.3 is 20.0 Å². The summed E-state index contributed by atoms with van der Waals surface area (Å²) in [5, 5.41) is 12.8. The van der Waals surface area contributed by atoms with Crippen LogP contribution < -0.4 is 15.2 Å². The van der Waals surface area contributed by atoms with E-state index in [0.717, 1.165) is 22.4 Å². The lowest BCUT2D eigenvalue weighted by Gasteiger charge is -2.14. The molecule has 1 aromatic carbocycles. The van der Waals surface area contributed by atoms with Gasteiger partial charge in [-0.15, -0.1) is 0 Å². The number of ether oxygens (including phenoxy) is 1. The Labute approximate surface area is 118 Å². The summed E-state index contributed by atoms with van der Waals surface area (Å²) in [5.41, 5.74) is 3.30. The first-order valence-electron chi connectivity index (χ1n) is 6.58. The van der Waals surface area contributed by atoms with Crippen molar-refractivity contribution in [3.8, 4) is 5.75 Å². The lowest BCUT2D eigenvalue weighted by atomic mass is 10.1. The molecule has 0 fully saturated rings. The molecule has 1 amide bonds. The molecular formula is C15H20NO4-. The molecule has 1 rings (SSSR count). The van der Waals surface area contributed by atoms with Gasteiger partial charge >= 0.3 is 0 Å². The Morgan fingerprint density at radius 2 is 1.80 bits per heavy atom. The van der Waals surface area contributed by atoms with Crippen LogP contribution in [0.3, 0.4) is 0 Å². The van der Waals surface area contributed by atoms with Gasteiger partial charge in [-0.05, 0) is 43.9 Å². The summed E-state index contributed by atoms with van der Waals surface area (Å²) in [6, 6.07) is 4.04. The van der Waals surface area contributed by atoms with Crippen molar-refractivity contribution in [3.63, 3.8) is 0 Å². The van der Waals surface area contributed by atoms with Crippen molar-refractivity contribution >= 4 is 11.9 Å². The first-order valence-corrected chi connectivity index (χ1v) is 6.58. The highest BCUT2D eigenvalue weighted by Crippen LogP contribution is 2.25. The Balaban J connectivity index is 2.37. The van der Waals surface area contributed by atoms with E-state index in [1.807, 2.05) is 32.9 Å². The van der Waals surface area contributed by atoms with E-state index in [9.17, 15) is 14.7 Å². The number of benzene rings is 1. The molecule has 0 radical (unpaired) electrons. The highest BCUT2D eigenvalue weighted by molar-refractivity contribution is 5.79. The minimum Gasteiger partial charge on any atom is -0.550 e. The van der Waals surface area contributed by atoms with Gasteiger partial charge in [-0.25, -0.2) is 0 Å². The highest BCUT2D eigenvalue weighted by atomic mass is 16.5. The van der Waals surface area contributed by atoms with E-state index in [2.05, 4.69) is 5.32 Å². The Kier molecular flexibility index (Phi) is 6.03. The number of hydrogen-bond donors (Lipinski definition) is 1. The van der Waals surface area contributed by atoms with Crippen LogP contribution in [0.5, 0.6) is 5.75 Å². The molecule has 1 N–H and O–H groups in total. The number of hydrogen-bond acceptors (Lipinski definition) is 4. The maximum Gasteiger partial charge on any atom is 0.220 e. The number of rotatable bonds is 7. The van der Waals surface area contributed by atoms with Crippen LogP contribution in [-0.2, 0) is 9.59 Å². The fraction of sp³-hybridized carbons (Fsp3) is 0.467. The van der Waals surface area contributed by atoms with E-state index < -0.39 is 5.97 Å². The molecule has 0 heterocycles. The molecule has 5 heteroatoms. The van der Waals surface area contributed by atoms with Gasteiger partial charge in [-0.3, -0.25) is 4.79 Å². The molecule has 0 aliphatic rings. The van der Waals surface area contributed by atoms with Crippen molar-refractivity contribution in [3.05, 3.63) is 28.8 Å². The number of nitrogens with one attached hydrogen (secondary N) is 1. The zero-order chi connectivity index (χ0) is 15.1. The van der Waals surface area contributed by atoms with Crippen LogP contribution in [0.25, 0.3) is 0 Å². The summed E-state index contributed by atoms with van der Waals surface area (Å²) in [7, 11) is 0. The Bertz CT molecular complexity index is 497. The zero-order valence-corrected chi connectivity index (χ0v) is 12.1. The van der Waals surface area contributed by atoms with Crippen LogP contribution >= 0.6 is 0 Å². The van der Waals surface area contributed by atoms with E-state index in [4.69, 9.17) is 4.74 Å². The van der Waals surface area contributed by atoms with Crippen molar-refractivity contribution < 1.29 is 19.4 Å².